The first-order valence-corrected chi connectivity index (χ1v) is 10.4. The molecule has 146 valence electrons. The average molecular weight is 386 g/mol. The first-order chi connectivity index (χ1) is 12.4. The summed E-state index contributed by atoms with van der Waals surface area (Å²) in [6, 6.07) is 2.40. The lowest BCUT2D eigenvalue weighted by Gasteiger charge is -2.32. The third-order valence-electron chi connectivity index (χ3n) is 3.98. The maximum absolute atomic E-state index is 12.2. The third kappa shape index (κ3) is 7.14. The molecule has 1 fully saturated rings. The van der Waals surface area contributed by atoms with Gasteiger partial charge < -0.3 is 20.1 Å². The van der Waals surface area contributed by atoms with Gasteiger partial charge in [0, 0.05) is 25.3 Å². The van der Waals surface area contributed by atoms with Gasteiger partial charge in [-0.1, -0.05) is 12.8 Å². The summed E-state index contributed by atoms with van der Waals surface area (Å²) in [5.74, 6) is 0.442. The Balaban J connectivity index is 1.86. The zero-order chi connectivity index (χ0) is 19.0. The highest BCUT2D eigenvalue weighted by molar-refractivity contribution is 7.88. The highest BCUT2D eigenvalue weighted by Gasteiger charge is 2.28. The molecule has 26 heavy (non-hydrogen) atoms. The van der Waals surface area contributed by atoms with E-state index in [-0.39, 0.29) is 12.1 Å². The van der Waals surface area contributed by atoms with Crippen molar-refractivity contribution >= 4 is 21.7 Å². The van der Waals surface area contributed by atoms with Gasteiger partial charge >= 0.3 is 6.03 Å². The SMILES string of the molecule is COCCOc1ccc(NC(=O)NC2CCCCC2NS(C)(=O)=O)cn1. The number of nitrogens with zero attached hydrogens (tertiary/aromatic N) is 1. The quantitative estimate of drug-likeness (QED) is 0.576. The highest BCUT2D eigenvalue weighted by Crippen LogP contribution is 2.19. The van der Waals surface area contributed by atoms with E-state index in [9.17, 15) is 13.2 Å². The lowest BCUT2D eigenvalue weighted by Crippen LogP contribution is -2.53. The fourth-order valence-electron chi connectivity index (χ4n) is 2.82. The van der Waals surface area contributed by atoms with Gasteiger partial charge in [-0.3, -0.25) is 0 Å². The Kier molecular flexibility index (Phi) is 7.61. The number of pyridine rings is 1. The van der Waals surface area contributed by atoms with Crippen LogP contribution in [0.5, 0.6) is 5.88 Å². The molecule has 0 bridgehead atoms. The molecule has 0 saturated heterocycles. The van der Waals surface area contributed by atoms with Crippen LogP contribution in [0.15, 0.2) is 18.3 Å². The minimum absolute atomic E-state index is 0.247. The molecule has 0 aromatic carbocycles. The third-order valence-corrected chi connectivity index (χ3v) is 4.71. The van der Waals surface area contributed by atoms with Crippen molar-refractivity contribution < 1.29 is 22.7 Å². The number of hydrogen-bond donors (Lipinski definition) is 3. The van der Waals surface area contributed by atoms with Crippen molar-refractivity contribution in [1.29, 1.82) is 0 Å². The molecule has 2 atom stereocenters. The highest BCUT2D eigenvalue weighted by atomic mass is 32.2. The van der Waals surface area contributed by atoms with Crippen molar-refractivity contribution in [3.8, 4) is 5.88 Å². The van der Waals surface area contributed by atoms with E-state index < -0.39 is 16.1 Å². The van der Waals surface area contributed by atoms with Crippen molar-refractivity contribution in [3.05, 3.63) is 18.3 Å². The summed E-state index contributed by atoms with van der Waals surface area (Å²) in [6.45, 7) is 0.862. The van der Waals surface area contributed by atoms with E-state index in [1.165, 1.54) is 6.20 Å². The number of aromatic nitrogens is 1. The summed E-state index contributed by atoms with van der Waals surface area (Å²) in [5.41, 5.74) is 0.519. The van der Waals surface area contributed by atoms with Gasteiger partial charge in [-0.15, -0.1) is 0 Å². The number of nitrogens with one attached hydrogen (secondary N) is 3. The van der Waals surface area contributed by atoms with Crippen LogP contribution >= 0.6 is 0 Å². The summed E-state index contributed by atoms with van der Waals surface area (Å²) >= 11 is 0. The molecule has 10 heteroatoms. The first kappa shape index (κ1) is 20.4. The van der Waals surface area contributed by atoms with E-state index in [2.05, 4.69) is 20.3 Å². The molecule has 1 saturated carbocycles. The number of urea groups is 1. The Morgan fingerprint density at radius 1 is 1.23 bits per heavy atom. The van der Waals surface area contributed by atoms with Crippen LogP contribution in [-0.2, 0) is 14.8 Å². The Hall–Kier alpha value is -1.91. The maximum atomic E-state index is 12.2. The van der Waals surface area contributed by atoms with E-state index in [0.717, 1.165) is 25.5 Å². The van der Waals surface area contributed by atoms with Crippen LogP contribution in [0.1, 0.15) is 25.7 Å². The van der Waals surface area contributed by atoms with Crippen LogP contribution in [0, 0.1) is 0 Å². The second-order valence-corrected chi connectivity index (χ2v) is 7.99. The minimum atomic E-state index is -3.32. The van der Waals surface area contributed by atoms with Gasteiger partial charge in [-0.25, -0.2) is 22.9 Å². The standard InChI is InChI=1S/C16H26N4O5S/c1-24-9-10-25-15-8-7-12(11-17-15)18-16(21)19-13-5-3-4-6-14(13)20-26(2,22)23/h7-8,11,13-14,20H,3-6,9-10H2,1-2H3,(H2,18,19,21). The largest absolute Gasteiger partial charge is 0.475 e. The maximum Gasteiger partial charge on any atom is 0.319 e. The van der Waals surface area contributed by atoms with Gasteiger partial charge in [0.15, 0.2) is 0 Å². The van der Waals surface area contributed by atoms with Crippen LogP contribution in [0.2, 0.25) is 0 Å². The van der Waals surface area contributed by atoms with Crippen molar-refractivity contribution in [2.24, 2.45) is 0 Å². The lowest BCUT2D eigenvalue weighted by atomic mass is 9.91. The number of sulfonamides is 1. The summed E-state index contributed by atoms with van der Waals surface area (Å²) in [4.78, 5) is 16.3. The van der Waals surface area contributed by atoms with Crippen LogP contribution < -0.4 is 20.1 Å². The fraction of sp³-hybridized carbons (Fsp3) is 0.625. The van der Waals surface area contributed by atoms with Crippen molar-refractivity contribution in [1.82, 2.24) is 15.0 Å². The van der Waals surface area contributed by atoms with Crippen molar-refractivity contribution in [2.45, 2.75) is 37.8 Å². The number of anilines is 1. The number of amides is 2. The zero-order valence-electron chi connectivity index (χ0n) is 15.0. The molecule has 9 nitrogen and oxygen atoms in total. The van der Waals surface area contributed by atoms with E-state index in [1.54, 1.807) is 19.2 Å². The van der Waals surface area contributed by atoms with Gasteiger partial charge in [-0.05, 0) is 18.9 Å². The van der Waals surface area contributed by atoms with Crippen LogP contribution in [0.4, 0.5) is 10.5 Å². The van der Waals surface area contributed by atoms with Gasteiger partial charge in [0.25, 0.3) is 0 Å². The summed E-state index contributed by atoms with van der Waals surface area (Å²) < 4.78 is 35.8. The van der Waals surface area contributed by atoms with Gasteiger partial charge in [-0.2, -0.15) is 0 Å². The molecule has 2 rings (SSSR count). The molecule has 3 N–H and O–H groups in total. The van der Waals surface area contributed by atoms with Crippen molar-refractivity contribution in [3.63, 3.8) is 0 Å². The Morgan fingerprint density at radius 2 is 1.96 bits per heavy atom. The van der Waals surface area contributed by atoms with Gasteiger partial charge in [0.05, 0.1) is 24.7 Å². The molecular weight excluding hydrogens is 360 g/mol. The summed E-state index contributed by atoms with van der Waals surface area (Å²) in [6.07, 6.45) is 5.93. The predicted octanol–water partition coefficient (Wildman–Crippen LogP) is 1.09. The zero-order valence-corrected chi connectivity index (χ0v) is 15.8. The topological polar surface area (TPSA) is 119 Å². The van der Waals surface area contributed by atoms with E-state index >= 15 is 0 Å². The van der Waals surface area contributed by atoms with Crippen molar-refractivity contribution in [2.75, 3.05) is 31.9 Å². The molecule has 1 heterocycles. The second-order valence-electron chi connectivity index (χ2n) is 6.21. The number of carbonyl (C=O) groups excluding carboxylic acids is 1. The second kappa shape index (κ2) is 9.70. The first-order valence-electron chi connectivity index (χ1n) is 8.50. The number of rotatable bonds is 8. The predicted molar refractivity (Wildman–Crippen MR) is 97.8 cm³/mol. The Labute approximate surface area is 153 Å². The monoisotopic (exact) mass is 386 g/mol. The molecule has 2 unspecified atom stereocenters. The van der Waals surface area contributed by atoms with Crippen LogP contribution in [0.3, 0.4) is 0 Å². The molecular formula is C16H26N4O5S. The summed E-state index contributed by atoms with van der Waals surface area (Å²) in [5, 5.41) is 5.54. The lowest BCUT2D eigenvalue weighted by molar-refractivity contribution is 0.144. The molecule has 0 radical (unpaired) electrons. The average Bonchev–Trinajstić information content (AvgIpc) is 2.57. The Morgan fingerprint density at radius 3 is 2.58 bits per heavy atom. The minimum Gasteiger partial charge on any atom is -0.475 e. The Bertz CT molecular complexity index is 680. The van der Waals surface area contributed by atoms with Crippen LogP contribution in [0.25, 0.3) is 0 Å². The van der Waals surface area contributed by atoms with Crippen LogP contribution in [-0.4, -0.2) is 58.1 Å². The molecule has 1 aliphatic rings. The summed E-state index contributed by atoms with van der Waals surface area (Å²) in [7, 11) is -1.73. The smallest absolute Gasteiger partial charge is 0.319 e. The fourth-order valence-corrected chi connectivity index (χ4v) is 3.66. The van der Waals surface area contributed by atoms with Gasteiger partial charge in [0.2, 0.25) is 15.9 Å². The molecule has 1 aliphatic carbocycles. The van der Waals surface area contributed by atoms with Gasteiger partial charge in [0.1, 0.15) is 6.61 Å². The van der Waals surface area contributed by atoms with E-state index in [4.69, 9.17) is 9.47 Å². The van der Waals surface area contributed by atoms with E-state index in [1.807, 2.05) is 0 Å². The molecule has 1 aromatic rings. The molecule has 0 aliphatic heterocycles. The number of ether oxygens (including phenoxy) is 2. The number of carbonyl (C=O) groups is 1. The molecule has 2 amide bonds. The number of hydrogen-bond acceptors (Lipinski definition) is 6. The molecule has 0 spiro atoms. The normalized spacial score (nSPS) is 20.4. The number of methoxy groups -OCH3 is 1. The van der Waals surface area contributed by atoms with E-state index in [0.29, 0.717) is 31.2 Å². The molecule has 1 aromatic heterocycles.